The molecule has 4 aromatic carbocycles. The van der Waals surface area contributed by atoms with E-state index in [0.29, 0.717) is 16.5 Å². The van der Waals surface area contributed by atoms with Crippen LogP contribution in [0.5, 0.6) is 5.75 Å². The fourth-order valence-electron chi connectivity index (χ4n) is 4.91. The van der Waals surface area contributed by atoms with Crippen LogP contribution in [-0.2, 0) is 32.6 Å². The van der Waals surface area contributed by atoms with Crippen LogP contribution >= 0.6 is 11.6 Å². The third kappa shape index (κ3) is 9.11. The number of sulfonamides is 1. The molecule has 1 atom stereocenters. The number of rotatable bonds is 12. The quantitative estimate of drug-likeness (QED) is 0.189. The van der Waals surface area contributed by atoms with E-state index in [1.54, 1.807) is 60.7 Å². The van der Waals surface area contributed by atoms with Gasteiger partial charge in [0.1, 0.15) is 18.3 Å². The molecule has 0 aliphatic carbocycles. The molecule has 0 aliphatic heterocycles. The van der Waals surface area contributed by atoms with Crippen LogP contribution in [0.2, 0.25) is 5.02 Å². The summed E-state index contributed by atoms with van der Waals surface area (Å²) in [5.74, 6) is -0.393. The zero-order valence-electron chi connectivity index (χ0n) is 26.7. The lowest BCUT2D eigenvalue weighted by atomic mass is 10.0. The smallest absolute Gasteiger partial charge is 0.264 e. The van der Waals surface area contributed by atoms with Crippen LogP contribution in [0.4, 0.5) is 5.69 Å². The van der Waals surface area contributed by atoms with Crippen molar-refractivity contribution in [1.29, 1.82) is 0 Å². The van der Waals surface area contributed by atoms with Gasteiger partial charge < -0.3 is 15.0 Å². The van der Waals surface area contributed by atoms with Gasteiger partial charge in [0.15, 0.2) is 0 Å². The second-order valence-corrected chi connectivity index (χ2v) is 14.4. The van der Waals surface area contributed by atoms with Crippen molar-refractivity contribution in [3.63, 3.8) is 0 Å². The first-order valence-electron chi connectivity index (χ1n) is 14.9. The molecule has 4 rings (SSSR count). The summed E-state index contributed by atoms with van der Waals surface area (Å²) in [6.45, 7) is 7.02. The fourth-order valence-corrected chi connectivity index (χ4v) is 6.45. The predicted octanol–water partition coefficient (Wildman–Crippen LogP) is 6.41. The van der Waals surface area contributed by atoms with E-state index in [1.807, 2.05) is 58.0 Å². The van der Waals surface area contributed by atoms with Crippen LogP contribution in [0.1, 0.15) is 37.5 Å². The van der Waals surface area contributed by atoms with Gasteiger partial charge in [-0.3, -0.25) is 13.9 Å². The summed E-state index contributed by atoms with van der Waals surface area (Å²) in [7, 11) is -2.72. The first kappa shape index (κ1) is 34.5. The maximum absolute atomic E-state index is 14.5. The summed E-state index contributed by atoms with van der Waals surface area (Å²) in [5, 5.41) is 3.56. The Labute approximate surface area is 277 Å². The van der Waals surface area contributed by atoms with Gasteiger partial charge in [0, 0.05) is 23.5 Å². The van der Waals surface area contributed by atoms with Gasteiger partial charge in [0.05, 0.1) is 17.7 Å². The van der Waals surface area contributed by atoms with Crippen molar-refractivity contribution in [3.8, 4) is 5.75 Å². The van der Waals surface area contributed by atoms with Gasteiger partial charge in [0.2, 0.25) is 11.8 Å². The summed E-state index contributed by atoms with van der Waals surface area (Å²) < 4.78 is 34.7. The number of nitrogens with one attached hydrogen (secondary N) is 1. The van der Waals surface area contributed by atoms with Gasteiger partial charge in [-0.25, -0.2) is 8.42 Å². The first-order valence-corrected chi connectivity index (χ1v) is 16.7. The number of ether oxygens (including phenoxy) is 1. The van der Waals surface area contributed by atoms with E-state index in [1.165, 1.54) is 24.1 Å². The van der Waals surface area contributed by atoms with E-state index in [2.05, 4.69) is 5.32 Å². The Morgan fingerprint density at radius 3 is 2.02 bits per heavy atom. The van der Waals surface area contributed by atoms with E-state index in [4.69, 9.17) is 16.3 Å². The van der Waals surface area contributed by atoms with Crippen molar-refractivity contribution in [2.45, 2.75) is 57.1 Å². The number of carbonyl (C=O) groups excluding carboxylic acids is 2. The van der Waals surface area contributed by atoms with Crippen molar-refractivity contribution in [2.24, 2.45) is 0 Å². The van der Waals surface area contributed by atoms with Crippen LogP contribution < -0.4 is 14.4 Å². The molecule has 0 aliphatic rings. The highest BCUT2D eigenvalue weighted by Crippen LogP contribution is 2.27. The molecule has 4 aromatic rings. The maximum Gasteiger partial charge on any atom is 0.264 e. The molecule has 0 saturated heterocycles. The van der Waals surface area contributed by atoms with E-state index in [0.717, 1.165) is 21.0 Å². The molecule has 2 amide bonds. The lowest BCUT2D eigenvalue weighted by molar-refractivity contribution is -0.140. The Bertz CT molecular complexity index is 1720. The molecule has 0 saturated carbocycles. The molecule has 0 bridgehead atoms. The SMILES string of the molecule is COc1ccc(S(=O)(=O)N(CC(=O)N(Cc2ccc(Cl)cc2)C(Cc2ccccc2)C(=O)NC(C)(C)C)c2ccc(C)cc2)cc1. The van der Waals surface area contributed by atoms with Crippen LogP contribution in [0, 0.1) is 6.92 Å². The van der Waals surface area contributed by atoms with Gasteiger partial charge in [0.25, 0.3) is 10.0 Å². The Morgan fingerprint density at radius 2 is 1.46 bits per heavy atom. The predicted molar refractivity (Wildman–Crippen MR) is 183 cm³/mol. The van der Waals surface area contributed by atoms with Crippen LogP contribution in [-0.4, -0.2) is 50.4 Å². The van der Waals surface area contributed by atoms with Crippen molar-refractivity contribution in [1.82, 2.24) is 10.2 Å². The minimum absolute atomic E-state index is 0.00256. The number of hydrogen-bond donors (Lipinski definition) is 1. The van der Waals surface area contributed by atoms with Gasteiger partial charge in [-0.05, 0) is 87.4 Å². The molecule has 0 heterocycles. The lowest BCUT2D eigenvalue weighted by Gasteiger charge is -2.35. The van der Waals surface area contributed by atoms with Crippen molar-refractivity contribution >= 4 is 39.1 Å². The van der Waals surface area contributed by atoms with Crippen LogP contribution in [0.25, 0.3) is 0 Å². The van der Waals surface area contributed by atoms with Gasteiger partial charge in [-0.1, -0.05) is 71.8 Å². The second kappa shape index (κ2) is 14.8. The molecule has 1 N–H and O–H groups in total. The molecule has 242 valence electrons. The topological polar surface area (TPSA) is 96.0 Å². The average Bonchev–Trinajstić information content (AvgIpc) is 3.02. The molecular formula is C36H40ClN3O5S. The minimum atomic E-state index is -4.22. The van der Waals surface area contributed by atoms with Gasteiger partial charge in [-0.15, -0.1) is 0 Å². The summed E-state index contributed by atoms with van der Waals surface area (Å²) in [5.41, 5.74) is 2.26. The Hall–Kier alpha value is -4.34. The standard InChI is InChI=1S/C36H40ClN3O5S/c1-26-11-17-30(18-12-26)40(46(43,44)32-21-19-31(45-5)20-22-32)25-34(41)39(24-28-13-15-29(37)16-14-28)33(35(42)38-36(2,3)4)23-27-9-7-6-8-10-27/h6-22,33H,23-25H2,1-5H3,(H,38,42). The van der Waals surface area contributed by atoms with E-state index < -0.39 is 34.1 Å². The van der Waals surface area contributed by atoms with E-state index >= 15 is 0 Å². The zero-order chi connectivity index (χ0) is 33.5. The number of methoxy groups -OCH3 is 1. The first-order chi connectivity index (χ1) is 21.8. The highest BCUT2D eigenvalue weighted by Gasteiger charge is 2.35. The maximum atomic E-state index is 14.5. The van der Waals surface area contributed by atoms with E-state index in [9.17, 15) is 18.0 Å². The number of benzene rings is 4. The summed E-state index contributed by atoms with van der Waals surface area (Å²) >= 11 is 6.15. The molecule has 10 heteroatoms. The molecule has 1 unspecified atom stereocenters. The van der Waals surface area contributed by atoms with Crippen LogP contribution in [0.15, 0.2) is 108 Å². The summed E-state index contributed by atoms with van der Waals surface area (Å²) in [4.78, 5) is 30.0. The number of carbonyl (C=O) groups is 2. The van der Waals surface area contributed by atoms with Crippen molar-refractivity contribution in [2.75, 3.05) is 18.0 Å². The molecule has 0 fully saturated rings. The Kier molecular flexibility index (Phi) is 11.1. The van der Waals surface area contributed by atoms with Crippen molar-refractivity contribution in [3.05, 3.63) is 125 Å². The normalized spacial score (nSPS) is 12.2. The molecule has 46 heavy (non-hydrogen) atoms. The summed E-state index contributed by atoms with van der Waals surface area (Å²) in [6.07, 6.45) is 0.220. The number of nitrogens with zero attached hydrogens (tertiary/aromatic N) is 2. The zero-order valence-corrected chi connectivity index (χ0v) is 28.3. The number of aryl methyl sites for hydroxylation is 1. The fraction of sp³-hybridized carbons (Fsp3) is 0.278. The molecule has 0 radical (unpaired) electrons. The van der Waals surface area contributed by atoms with Crippen LogP contribution in [0.3, 0.4) is 0 Å². The number of amides is 2. The third-order valence-corrected chi connectivity index (χ3v) is 9.32. The Morgan fingerprint density at radius 1 is 0.848 bits per heavy atom. The number of anilines is 1. The molecule has 0 spiro atoms. The van der Waals surface area contributed by atoms with E-state index in [-0.39, 0.29) is 23.8 Å². The molecule has 0 aromatic heterocycles. The lowest BCUT2D eigenvalue weighted by Crippen LogP contribution is -2.56. The van der Waals surface area contributed by atoms with Crippen molar-refractivity contribution < 1.29 is 22.7 Å². The second-order valence-electron chi connectivity index (χ2n) is 12.1. The molecule has 8 nitrogen and oxygen atoms in total. The minimum Gasteiger partial charge on any atom is -0.497 e. The largest absolute Gasteiger partial charge is 0.497 e. The van der Waals surface area contributed by atoms with Gasteiger partial charge in [-0.2, -0.15) is 0 Å². The highest BCUT2D eigenvalue weighted by molar-refractivity contribution is 7.92. The third-order valence-electron chi connectivity index (χ3n) is 7.28. The number of hydrogen-bond acceptors (Lipinski definition) is 5. The Balaban J connectivity index is 1.81. The average molecular weight is 662 g/mol. The molecular weight excluding hydrogens is 622 g/mol. The summed E-state index contributed by atoms with van der Waals surface area (Å²) in [6, 6.07) is 28.4. The number of halogens is 1. The monoisotopic (exact) mass is 661 g/mol. The van der Waals surface area contributed by atoms with Gasteiger partial charge >= 0.3 is 0 Å². The highest BCUT2D eigenvalue weighted by atomic mass is 35.5.